The van der Waals surface area contributed by atoms with E-state index < -0.39 is 17.7 Å². The molecule has 6 nitrogen and oxygen atoms in total. The van der Waals surface area contributed by atoms with Gasteiger partial charge in [0.2, 0.25) is 0 Å². The molecule has 7 heteroatoms. The summed E-state index contributed by atoms with van der Waals surface area (Å²) in [5.74, 6) is 0.604. The van der Waals surface area contributed by atoms with Gasteiger partial charge < -0.3 is 23.6 Å². The first-order valence-corrected chi connectivity index (χ1v) is 14.5. The van der Waals surface area contributed by atoms with Crippen LogP contribution in [0.5, 0.6) is 11.5 Å². The fourth-order valence-electron chi connectivity index (χ4n) is 5.16. The molecule has 0 aromatic heterocycles. The van der Waals surface area contributed by atoms with E-state index in [9.17, 15) is 9.90 Å². The van der Waals surface area contributed by atoms with Crippen molar-refractivity contribution in [2.45, 2.75) is 65.8 Å². The summed E-state index contributed by atoms with van der Waals surface area (Å²) in [5.41, 5.74) is 6.47. The summed E-state index contributed by atoms with van der Waals surface area (Å²) in [6, 6.07) is 16.2. The Labute approximate surface area is 236 Å². The number of aryl methyl sites for hydroxylation is 1. The molecule has 208 valence electrons. The molecule has 0 bridgehead atoms. The van der Waals surface area contributed by atoms with Gasteiger partial charge in [-0.05, 0) is 87.4 Å². The molecular weight excluding hydrogens is 510 g/mol. The predicted octanol–water partition coefficient (Wildman–Crippen LogP) is 7.53. The van der Waals surface area contributed by atoms with Crippen molar-refractivity contribution in [3.05, 3.63) is 76.3 Å². The number of carboxylic acid groups (broad SMARTS) is 1. The van der Waals surface area contributed by atoms with Gasteiger partial charge in [-0.2, -0.15) is 0 Å². The first kappa shape index (κ1) is 28.8. The van der Waals surface area contributed by atoms with Gasteiger partial charge >= 0.3 is 5.97 Å². The lowest BCUT2D eigenvalue weighted by atomic mass is 9.85. The minimum absolute atomic E-state index is 0.397. The van der Waals surface area contributed by atoms with Gasteiger partial charge in [-0.15, -0.1) is 0 Å². The van der Waals surface area contributed by atoms with Gasteiger partial charge in [0.05, 0.1) is 17.9 Å². The van der Waals surface area contributed by atoms with Crippen LogP contribution >= 0.6 is 11.9 Å². The molecule has 3 aromatic carbocycles. The number of anilines is 1. The lowest BCUT2D eigenvalue weighted by Gasteiger charge is -2.32. The molecule has 1 N–H and O–H groups in total. The molecule has 3 aromatic rings. The third kappa shape index (κ3) is 6.36. The Hall–Kier alpha value is -3.16. The van der Waals surface area contributed by atoms with E-state index in [1.807, 2.05) is 94.7 Å². The average molecular weight is 550 g/mol. The summed E-state index contributed by atoms with van der Waals surface area (Å²) in [6.45, 7) is 10.7. The Kier molecular flexibility index (Phi) is 8.82. The Morgan fingerprint density at radius 2 is 1.85 bits per heavy atom. The topological polar surface area (TPSA) is 68.2 Å². The lowest BCUT2D eigenvalue weighted by Crippen LogP contribution is -2.29. The number of aliphatic carboxylic acids is 1. The summed E-state index contributed by atoms with van der Waals surface area (Å²) >= 11 is 1.55. The minimum Gasteiger partial charge on any atom is -0.493 e. The quantitative estimate of drug-likeness (QED) is 0.277. The Morgan fingerprint density at radius 1 is 1.13 bits per heavy atom. The third-order valence-electron chi connectivity index (χ3n) is 6.93. The maximum absolute atomic E-state index is 12.8. The lowest BCUT2D eigenvalue weighted by molar-refractivity contribution is -0.160. The van der Waals surface area contributed by atoms with Crippen molar-refractivity contribution in [1.82, 2.24) is 0 Å². The smallest absolute Gasteiger partial charge is 0.337 e. The molecule has 0 saturated heterocycles. The van der Waals surface area contributed by atoms with E-state index in [0.29, 0.717) is 18.8 Å². The molecule has 1 aliphatic heterocycles. The largest absolute Gasteiger partial charge is 0.493 e. The molecule has 1 atom stereocenters. The van der Waals surface area contributed by atoms with Crippen LogP contribution in [0.15, 0.2) is 48.5 Å². The van der Waals surface area contributed by atoms with Gasteiger partial charge in [-0.1, -0.05) is 48.3 Å². The maximum atomic E-state index is 12.8. The zero-order valence-corrected chi connectivity index (χ0v) is 24.8. The van der Waals surface area contributed by atoms with E-state index in [-0.39, 0.29) is 0 Å². The van der Waals surface area contributed by atoms with Crippen LogP contribution in [-0.4, -0.2) is 36.6 Å². The van der Waals surface area contributed by atoms with Crippen LogP contribution in [0.1, 0.15) is 61.1 Å². The molecule has 0 saturated carbocycles. The highest BCUT2D eigenvalue weighted by Crippen LogP contribution is 2.49. The monoisotopic (exact) mass is 549 g/mol. The summed E-state index contributed by atoms with van der Waals surface area (Å²) in [5, 5.41) is 10.5. The van der Waals surface area contributed by atoms with Crippen molar-refractivity contribution in [3.63, 3.8) is 0 Å². The summed E-state index contributed by atoms with van der Waals surface area (Å²) in [4.78, 5) is 12.8. The second kappa shape index (κ2) is 11.9. The van der Waals surface area contributed by atoms with Crippen molar-refractivity contribution < 1.29 is 24.1 Å². The van der Waals surface area contributed by atoms with Gasteiger partial charge in [0, 0.05) is 24.4 Å². The van der Waals surface area contributed by atoms with Crippen LogP contribution in [0.25, 0.3) is 11.1 Å². The van der Waals surface area contributed by atoms with Crippen LogP contribution in [0, 0.1) is 13.8 Å². The highest BCUT2D eigenvalue weighted by molar-refractivity contribution is 7.99. The van der Waals surface area contributed by atoms with E-state index in [0.717, 1.165) is 63.4 Å². The summed E-state index contributed by atoms with van der Waals surface area (Å²) in [7, 11) is 1.97. The first-order chi connectivity index (χ1) is 18.5. The fourth-order valence-corrected chi connectivity index (χ4v) is 5.56. The van der Waals surface area contributed by atoms with Crippen molar-refractivity contribution in [2.75, 3.05) is 24.2 Å². The van der Waals surface area contributed by atoms with Crippen molar-refractivity contribution in [2.24, 2.45) is 0 Å². The van der Waals surface area contributed by atoms with E-state index in [4.69, 9.17) is 14.2 Å². The predicted molar refractivity (Wildman–Crippen MR) is 159 cm³/mol. The molecule has 0 radical (unpaired) electrons. The van der Waals surface area contributed by atoms with Crippen molar-refractivity contribution in [1.29, 1.82) is 0 Å². The molecule has 4 rings (SSSR count). The number of benzene rings is 3. The molecule has 0 amide bonds. The molecule has 0 fully saturated rings. The van der Waals surface area contributed by atoms with E-state index in [1.165, 1.54) is 0 Å². The fraction of sp³-hybridized carbons (Fsp3) is 0.406. The molecule has 1 unspecified atom stereocenters. The van der Waals surface area contributed by atoms with Crippen molar-refractivity contribution in [3.8, 4) is 22.6 Å². The average Bonchev–Trinajstić information content (AvgIpc) is 2.91. The third-order valence-corrected chi connectivity index (χ3v) is 7.66. The van der Waals surface area contributed by atoms with Gasteiger partial charge in [0.1, 0.15) is 18.1 Å². The number of carbonyl (C=O) groups is 1. The number of ether oxygens (including phenoxy) is 3. The van der Waals surface area contributed by atoms with E-state index in [1.54, 1.807) is 11.9 Å². The minimum atomic E-state index is -1.16. The zero-order valence-electron chi connectivity index (χ0n) is 24.0. The maximum Gasteiger partial charge on any atom is 0.337 e. The molecule has 39 heavy (non-hydrogen) atoms. The van der Waals surface area contributed by atoms with Crippen LogP contribution < -0.4 is 13.8 Å². The Morgan fingerprint density at radius 3 is 2.49 bits per heavy atom. The second-order valence-corrected chi connectivity index (χ2v) is 11.8. The number of carboxylic acids is 1. The SMILES string of the molecule is CSN(C)c1c(C)c(C(OC(C)(C)C)C(=O)O)c(-c2ccc3c(c2)CCCO3)c(C)c1OCc1ccccc1. The van der Waals surface area contributed by atoms with Crippen LogP contribution in [-0.2, 0) is 22.6 Å². The second-order valence-electron chi connectivity index (χ2n) is 10.9. The number of rotatable bonds is 9. The van der Waals surface area contributed by atoms with E-state index in [2.05, 4.69) is 6.07 Å². The summed E-state index contributed by atoms with van der Waals surface area (Å²) < 4.78 is 20.7. The summed E-state index contributed by atoms with van der Waals surface area (Å²) in [6.07, 6.45) is 2.70. The molecule has 1 heterocycles. The number of hydrogen-bond acceptors (Lipinski definition) is 6. The van der Waals surface area contributed by atoms with Gasteiger partial charge in [0.15, 0.2) is 6.10 Å². The van der Waals surface area contributed by atoms with Crippen LogP contribution in [0.3, 0.4) is 0 Å². The molecule has 1 aliphatic rings. The standard InChI is InChI=1S/C32H39NO5S/c1-20-27(30(31(34)35)38-32(3,4)5)26(24-15-16-25-23(18-24)14-11-17-36-25)21(2)29(28(20)33(6)39-7)37-19-22-12-9-8-10-13-22/h8-10,12-13,15-16,18,30H,11,14,17,19H2,1-7H3,(H,34,35). The molecule has 0 aliphatic carbocycles. The van der Waals surface area contributed by atoms with Gasteiger partial charge in [-0.25, -0.2) is 4.79 Å². The number of fused-ring (bicyclic) bond motifs is 1. The number of hydrogen-bond donors (Lipinski definition) is 1. The van der Waals surface area contributed by atoms with Crippen LogP contribution in [0.4, 0.5) is 5.69 Å². The van der Waals surface area contributed by atoms with Crippen LogP contribution in [0.2, 0.25) is 0 Å². The number of nitrogens with zero attached hydrogens (tertiary/aromatic N) is 1. The van der Waals surface area contributed by atoms with Gasteiger partial charge in [0.25, 0.3) is 0 Å². The van der Waals surface area contributed by atoms with E-state index >= 15 is 0 Å². The normalized spacial score (nSPS) is 13.8. The zero-order chi connectivity index (χ0) is 28.3. The Bertz CT molecular complexity index is 1330. The molecular formula is C32H39NO5S. The van der Waals surface area contributed by atoms with Crippen molar-refractivity contribution >= 4 is 23.6 Å². The highest BCUT2D eigenvalue weighted by Gasteiger charge is 2.35. The Balaban J connectivity index is 2.01. The highest BCUT2D eigenvalue weighted by atomic mass is 32.2. The van der Waals surface area contributed by atoms with Gasteiger partial charge in [-0.3, -0.25) is 0 Å². The first-order valence-electron chi connectivity index (χ1n) is 13.3. The molecule has 0 spiro atoms.